The lowest BCUT2D eigenvalue weighted by molar-refractivity contribution is -0.143. The SMILES string of the molecule is CCOC(=O)CC(C)NCCc1ccc(F)cc1. The molecular formula is C14H20FNO2. The van der Waals surface area contributed by atoms with Crippen molar-refractivity contribution < 1.29 is 13.9 Å². The van der Waals surface area contributed by atoms with Crippen LogP contribution in [0.1, 0.15) is 25.8 Å². The van der Waals surface area contributed by atoms with Crippen molar-refractivity contribution in [3.63, 3.8) is 0 Å². The van der Waals surface area contributed by atoms with Crippen LogP contribution in [0.15, 0.2) is 24.3 Å². The molecule has 0 radical (unpaired) electrons. The molecule has 1 aromatic carbocycles. The first kappa shape index (κ1) is 14.6. The zero-order chi connectivity index (χ0) is 13.4. The van der Waals surface area contributed by atoms with Crippen molar-refractivity contribution in [2.45, 2.75) is 32.7 Å². The summed E-state index contributed by atoms with van der Waals surface area (Å²) in [6.07, 6.45) is 1.19. The van der Waals surface area contributed by atoms with E-state index in [4.69, 9.17) is 4.74 Å². The summed E-state index contributed by atoms with van der Waals surface area (Å²) >= 11 is 0. The maximum Gasteiger partial charge on any atom is 0.307 e. The van der Waals surface area contributed by atoms with E-state index in [0.717, 1.165) is 18.5 Å². The van der Waals surface area contributed by atoms with Crippen LogP contribution in [-0.4, -0.2) is 25.2 Å². The quantitative estimate of drug-likeness (QED) is 0.758. The Morgan fingerprint density at radius 2 is 2.06 bits per heavy atom. The first-order valence-corrected chi connectivity index (χ1v) is 6.25. The van der Waals surface area contributed by atoms with Crippen LogP contribution in [0.25, 0.3) is 0 Å². The Morgan fingerprint density at radius 1 is 1.39 bits per heavy atom. The summed E-state index contributed by atoms with van der Waals surface area (Å²) in [7, 11) is 0. The largest absolute Gasteiger partial charge is 0.466 e. The lowest BCUT2D eigenvalue weighted by Crippen LogP contribution is -2.30. The van der Waals surface area contributed by atoms with Gasteiger partial charge in [-0.25, -0.2) is 4.39 Å². The normalized spacial score (nSPS) is 12.2. The van der Waals surface area contributed by atoms with E-state index in [1.165, 1.54) is 12.1 Å². The lowest BCUT2D eigenvalue weighted by atomic mass is 10.1. The molecule has 0 aliphatic rings. The molecule has 1 aromatic rings. The van der Waals surface area contributed by atoms with Crippen LogP contribution in [0.4, 0.5) is 4.39 Å². The number of esters is 1. The fraction of sp³-hybridized carbons (Fsp3) is 0.500. The average Bonchev–Trinajstić information content (AvgIpc) is 2.32. The molecule has 18 heavy (non-hydrogen) atoms. The summed E-state index contributed by atoms with van der Waals surface area (Å²) < 4.78 is 17.6. The highest BCUT2D eigenvalue weighted by molar-refractivity contribution is 5.69. The van der Waals surface area contributed by atoms with Crippen molar-refractivity contribution in [2.24, 2.45) is 0 Å². The summed E-state index contributed by atoms with van der Waals surface area (Å²) in [6, 6.07) is 6.54. The third-order valence-corrected chi connectivity index (χ3v) is 2.60. The van der Waals surface area contributed by atoms with Crippen molar-refractivity contribution in [3.8, 4) is 0 Å². The number of rotatable bonds is 7. The molecule has 1 unspecified atom stereocenters. The molecule has 0 bridgehead atoms. The second-order valence-corrected chi connectivity index (χ2v) is 4.24. The van der Waals surface area contributed by atoms with Gasteiger partial charge in [-0.15, -0.1) is 0 Å². The highest BCUT2D eigenvalue weighted by Crippen LogP contribution is 2.03. The number of carbonyl (C=O) groups excluding carboxylic acids is 1. The van der Waals surface area contributed by atoms with Gasteiger partial charge in [0.2, 0.25) is 0 Å². The minimum atomic E-state index is -0.220. The molecule has 0 aromatic heterocycles. The molecule has 1 atom stereocenters. The Labute approximate surface area is 107 Å². The summed E-state index contributed by atoms with van der Waals surface area (Å²) in [5, 5.41) is 3.24. The Hall–Kier alpha value is -1.42. The molecule has 0 fully saturated rings. The predicted molar refractivity (Wildman–Crippen MR) is 68.8 cm³/mol. The fourth-order valence-electron chi connectivity index (χ4n) is 1.66. The highest BCUT2D eigenvalue weighted by Gasteiger charge is 2.08. The Morgan fingerprint density at radius 3 is 2.67 bits per heavy atom. The van der Waals surface area contributed by atoms with Gasteiger partial charge in [-0.05, 0) is 44.5 Å². The van der Waals surface area contributed by atoms with Gasteiger partial charge in [-0.3, -0.25) is 4.79 Å². The van der Waals surface area contributed by atoms with E-state index in [2.05, 4.69) is 5.32 Å². The molecule has 4 heteroatoms. The van der Waals surface area contributed by atoms with E-state index in [-0.39, 0.29) is 17.8 Å². The zero-order valence-electron chi connectivity index (χ0n) is 10.9. The van der Waals surface area contributed by atoms with Gasteiger partial charge in [0.25, 0.3) is 0 Å². The van der Waals surface area contributed by atoms with Crippen molar-refractivity contribution in [1.82, 2.24) is 5.32 Å². The molecule has 0 saturated carbocycles. The minimum Gasteiger partial charge on any atom is -0.466 e. The molecule has 1 N–H and O–H groups in total. The van der Waals surface area contributed by atoms with E-state index < -0.39 is 0 Å². The Kier molecular flexibility index (Phi) is 6.36. The van der Waals surface area contributed by atoms with Crippen molar-refractivity contribution >= 4 is 5.97 Å². The summed E-state index contributed by atoms with van der Waals surface area (Å²) in [5.74, 6) is -0.401. The van der Waals surface area contributed by atoms with Crippen LogP contribution >= 0.6 is 0 Å². The van der Waals surface area contributed by atoms with Crippen LogP contribution in [0.5, 0.6) is 0 Å². The second-order valence-electron chi connectivity index (χ2n) is 4.24. The third kappa shape index (κ3) is 5.77. The predicted octanol–water partition coefficient (Wildman–Crippen LogP) is 2.30. The molecule has 0 saturated heterocycles. The van der Waals surface area contributed by atoms with Crippen molar-refractivity contribution in [3.05, 3.63) is 35.6 Å². The monoisotopic (exact) mass is 253 g/mol. The Bertz CT molecular complexity index is 365. The molecule has 0 spiro atoms. The number of nitrogens with one attached hydrogen (secondary N) is 1. The van der Waals surface area contributed by atoms with Crippen LogP contribution in [0.2, 0.25) is 0 Å². The van der Waals surface area contributed by atoms with Gasteiger partial charge in [-0.2, -0.15) is 0 Å². The number of hydrogen-bond donors (Lipinski definition) is 1. The summed E-state index contributed by atoms with van der Waals surface area (Å²) in [5.41, 5.74) is 1.08. The molecule has 1 rings (SSSR count). The number of halogens is 1. The van der Waals surface area contributed by atoms with E-state index in [1.807, 2.05) is 6.92 Å². The van der Waals surface area contributed by atoms with Crippen LogP contribution < -0.4 is 5.32 Å². The zero-order valence-corrected chi connectivity index (χ0v) is 10.9. The van der Waals surface area contributed by atoms with Crippen molar-refractivity contribution in [1.29, 1.82) is 0 Å². The van der Waals surface area contributed by atoms with Crippen LogP contribution in [0, 0.1) is 5.82 Å². The molecule has 0 aliphatic heterocycles. The third-order valence-electron chi connectivity index (χ3n) is 2.60. The number of benzene rings is 1. The van der Waals surface area contributed by atoms with E-state index >= 15 is 0 Å². The molecule has 3 nitrogen and oxygen atoms in total. The topological polar surface area (TPSA) is 38.3 Å². The highest BCUT2D eigenvalue weighted by atomic mass is 19.1. The van der Waals surface area contributed by atoms with Gasteiger partial charge < -0.3 is 10.1 Å². The Balaban J connectivity index is 2.21. The lowest BCUT2D eigenvalue weighted by Gasteiger charge is -2.12. The maximum absolute atomic E-state index is 12.7. The smallest absolute Gasteiger partial charge is 0.307 e. The van der Waals surface area contributed by atoms with Crippen molar-refractivity contribution in [2.75, 3.05) is 13.2 Å². The van der Waals surface area contributed by atoms with Crippen LogP contribution in [-0.2, 0) is 16.0 Å². The average molecular weight is 253 g/mol. The molecule has 100 valence electrons. The maximum atomic E-state index is 12.7. The number of carbonyl (C=O) groups is 1. The molecule has 0 amide bonds. The van der Waals surface area contributed by atoms with Gasteiger partial charge in [-0.1, -0.05) is 12.1 Å². The van der Waals surface area contributed by atoms with E-state index in [1.54, 1.807) is 19.1 Å². The minimum absolute atomic E-state index is 0.0875. The number of hydrogen-bond acceptors (Lipinski definition) is 3. The van der Waals surface area contributed by atoms with E-state index in [0.29, 0.717) is 13.0 Å². The molecular weight excluding hydrogens is 233 g/mol. The fourth-order valence-corrected chi connectivity index (χ4v) is 1.66. The molecule has 0 heterocycles. The van der Waals surface area contributed by atoms with Gasteiger partial charge in [0.1, 0.15) is 5.82 Å². The number of ether oxygens (including phenoxy) is 1. The standard InChI is InChI=1S/C14H20FNO2/c1-3-18-14(17)10-11(2)16-9-8-12-4-6-13(15)7-5-12/h4-7,11,16H,3,8-10H2,1-2H3. The van der Waals surface area contributed by atoms with Crippen LogP contribution in [0.3, 0.4) is 0 Å². The first-order chi connectivity index (χ1) is 8.61. The summed E-state index contributed by atoms with van der Waals surface area (Å²) in [4.78, 5) is 11.2. The second kappa shape index (κ2) is 7.82. The van der Waals surface area contributed by atoms with Gasteiger partial charge in [0.15, 0.2) is 0 Å². The molecule has 0 aliphatic carbocycles. The van der Waals surface area contributed by atoms with Gasteiger partial charge >= 0.3 is 5.97 Å². The first-order valence-electron chi connectivity index (χ1n) is 6.25. The van der Waals surface area contributed by atoms with E-state index in [9.17, 15) is 9.18 Å². The summed E-state index contributed by atoms with van der Waals surface area (Å²) in [6.45, 7) is 4.92. The van der Waals surface area contributed by atoms with Gasteiger partial charge in [0, 0.05) is 6.04 Å². The van der Waals surface area contributed by atoms with Gasteiger partial charge in [0.05, 0.1) is 13.0 Å².